The van der Waals surface area contributed by atoms with Crippen molar-refractivity contribution in [3.63, 3.8) is 0 Å². The Morgan fingerprint density at radius 2 is 1.96 bits per heavy atom. The number of carbonyl (C=O) groups excluding carboxylic acids is 1. The van der Waals surface area contributed by atoms with Gasteiger partial charge >= 0.3 is 0 Å². The highest BCUT2D eigenvalue weighted by Gasteiger charge is 2.64. The number of rotatable bonds is 4. The van der Waals surface area contributed by atoms with Gasteiger partial charge in [-0.2, -0.15) is 0 Å². The molecule has 2 N–H and O–H groups in total. The Kier molecular flexibility index (Phi) is 6.57. The van der Waals surface area contributed by atoms with E-state index < -0.39 is 11.0 Å². The molecule has 1 aromatic carbocycles. The third-order valence-electron chi connectivity index (χ3n) is 6.00. The minimum Gasteiger partial charge on any atom is -0.378 e. The normalized spacial score (nSPS) is 32.4. The molecule has 4 unspecified atom stereocenters. The predicted octanol–water partition coefficient (Wildman–Crippen LogP) is 3.07. The number of nitrogens with zero attached hydrogens (tertiary/aromatic N) is 1. The van der Waals surface area contributed by atoms with E-state index in [0.29, 0.717) is 26.1 Å². The molecule has 0 spiro atoms. The van der Waals surface area contributed by atoms with E-state index in [-0.39, 0.29) is 42.4 Å². The lowest BCUT2D eigenvalue weighted by molar-refractivity contribution is -0.187. The molecule has 27 heavy (non-hydrogen) atoms. The Balaban J connectivity index is 0.00000261. The molecule has 152 valence electrons. The molecule has 2 fully saturated rings. The van der Waals surface area contributed by atoms with Crippen LogP contribution in [0.3, 0.4) is 0 Å². The lowest BCUT2D eigenvalue weighted by Gasteiger charge is -2.59. The van der Waals surface area contributed by atoms with Crippen LogP contribution in [0.2, 0.25) is 0 Å². The molecular weight excluding hydrogens is 371 g/mol. The number of ether oxygens (including phenoxy) is 2. The molecule has 1 saturated carbocycles. The first kappa shape index (κ1) is 22.1. The zero-order valence-electron chi connectivity index (χ0n) is 16.4. The van der Waals surface area contributed by atoms with Crippen molar-refractivity contribution in [3.8, 4) is 0 Å². The van der Waals surface area contributed by atoms with Gasteiger partial charge in [-0.05, 0) is 31.5 Å². The van der Waals surface area contributed by atoms with Crippen molar-refractivity contribution in [3.05, 3.63) is 35.6 Å². The minimum absolute atomic E-state index is 0. The van der Waals surface area contributed by atoms with Gasteiger partial charge < -0.3 is 20.1 Å². The SMILES string of the molecule is CCOC1CC(N)(C(=O)N2CC(C)OC(c3ccc(F)cc3)C2)C1(C)C.Cl. The van der Waals surface area contributed by atoms with E-state index in [1.54, 1.807) is 17.0 Å². The summed E-state index contributed by atoms with van der Waals surface area (Å²) in [6, 6.07) is 6.24. The number of carbonyl (C=O) groups is 1. The quantitative estimate of drug-likeness (QED) is 0.843. The number of morpholine rings is 1. The zero-order valence-corrected chi connectivity index (χ0v) is 17.2. The third kappa shape index (κ3) is 3.86. The van der Waals surface area contributed by atoms with Gasteiger partial charge in [0.05, 0.1) is 18.8 Å². The topological polar surface area (TPSA) is 64.8 Å². The summed E-state index contributed by atoms with van der Waals surface area (Å²) >= 11 is 0. The van der Waals surface area contributed by atoms with Gasteiger partial charge in [0, 0.05) is 25.0 Å². The number of nitrogens with two attached hydrogens (primary N) is 1. The second-order valence-electron chi connectivity index (χ2n) is 8.04. The van der Waals surface area contributed by atoms with Crippen molar-refractivity contribution in [1.82, 2.24) is 4.90 Å². The average molecular weight is 401 g/mol. The van der Waals surface area contributed by atoms with Crippen molar-refractivity contribution in [2.75, 3.05) is 19.7 Å². The standard InChI is InChI=1S/C20H29FN2O3.ClH/c1-5-25-17-10-20(22,19(17,3)4)18(24)23-11-13(2)26-16(12-23)14-6-8-15(21)9-7-14;/h6-9,13,16-17H,5,10-12,22H2,1-4H3;1H. The fourth-order valence-electron chi connectivity index (χ4n) is 4.06. The van der Waals surface area contributed by atoms with Gasteiger partial charge in [-0.25, -0.2) is 4.39 Å². The van der Waals surface area contributed by atoms with E-state index >= 15 is 0 Å². The van der Waals surface area contributed by atoms with E-state index in [4.69, 9.17) is 15.2 Å². The summed E-state index contributed by atoms with van der Waals surface area (Å²) in [5.41, 5.74) is 6.07. The second-order valence-corrected chi connectivity index (χ2v) is 8.04. The van der Waals surface area contributed by atoms with Gasteiger partial charge in [0.1, 0.15) is 17.5 Å². The molecule has 5 nitrogen and oxygen atoms in total. The maximum absolute atomic E-state index is 13.3. The van der Waals surface area contributed by atoms with Gasteiger partial charge in [-0.1, -0.05) is 26.0 Å². The molecular formula is C20H30ClFN2O3. The molecule has 4 atom stereocenters. The summed E-state index contributed by atoms with van der Waals surface area (Å²) in [4.78, 5) is 15.1. The Bertz CT molecular complexity index is 670. The predicted molar refractivity (Wildman–Crippen MR) is 104 cm³/mol. The van der Waals surface area contributed by atoms with Crippen LogP contribution >= 0.6 is 12.4 Å². The molecule has 1 aliphatic carbocycles. The van der Waals surface area contributed by atoms with E-state index in [1.165, 1.54) is 12.1 Å². The maximum Gasteiger partial charge on any atom is 0.243 e. The van der Waals surface area contributed by atoms with E-state index in [2.05, 4.69) is 0 Å². The average Bonchev–Trinajstić information content (AvgIpc) is 2.60. The molecule has 0 radical (unpaired) electrons. The van der Waals surface area contributed by atoms with Crippen molar-refractivity contribution in [2.24, 2.45) is 11.1 Å². The van der Waals surface area contributed by atoms with Gasteiger partial charge in [0.2, 0.25) is 5.91 Å². The molecule has 3 rings (SSSR count). The van der Waals surface area contributed by atoms with Crippen molar-refractivity contribution in [1.29, 1.82) is 0 Å². The molecule has 1 aromatic rings. The van der Waals surface area contributed by atoms with Crippen LogP contribution in [0.1, 0.15) is 45.8 Å². The molecule has 2 aliphatic rings. The van der Waals surface area contributed by atoms with Crippen LogP contribution in [0.25, 0.3) is 0 Å². The van der Waals surface area contributed by atoms with Gasteiger partial charge in [0.25, 0.3) is 0 Å². The van der Waals surface area contributed by atoms with Crippen molar-refractivity contribution in [2.45, 2.75) is 58.0 Å². The van der Waals surface area contributed by atoms with Crippen LogP contribution in [0.5, 0.6) is 0 Å². The summed E-state index contributed by atoms with van der Waals surface area (Å²) < 4.78 is 24.9. The van der Waals surface area contributed by atoms with Crippen LogP contribution in [0.15, 0.2) is 24.3 Å². The fourth-order valence-corrected chi connectivity index (χ4v) is 4.06. The summed E-state index contributed by atoms with van der Waals surface area (Å²) in [5.74, 6) is -0.342. The molecule has 1 aliphatic heterocycles. The van der Waals surface area contributed by atoms with Gasteiger partial charge in [0.15, 0.2) is 0 Å². The first-order valence-electron chi connectivity index (χ1n) is 9.30. The van der Waals surface area contributed by atoms with E-state index in [0.717, 1.165) is 5.56 Å². The Morgan fingerprint density at radius 1 is 1.33 bits per heavy atom. The van der Waals surface area contributed by atoms with Crippen LogP contribution in [-0.2, 0) is 14.3 Å². The minimum atomic E-state index is -0.933. The van der Waals surface area contributed by atoms with E-state index in [1.807, 2.05) is 27.7 Å². The van der Waals surface area contributed by atoms with Crippen LogP contribution < -0.4 is 5.73 Å². The fraction of sp³-hybridized carbons (Fsp3) is 0.650. The lowest BCUT2D eigenvalue weighted by Crippen LogP contribution is -2.76. The number of benzene rings is 1. The highest BCUT2D eigenvalue weighted by atomic mass is 35.5. The maximum atomic E-state index is 13.3. The third-order valence-corrected chi connectivity index (χ3v) is 6.00. The van der Waals surface area contributed by atoms with Gasteiger partial charge in [-0.15, -0.1) is 12.4 Å². The molecule has 0 bridgehead atoms. The summed E-state index contributed by atoms with van der Waals surface area (Å²) in [7, 11) is 0. The van der Waals surface area contributed by atoms with Crippen LogP contribution in [-0.4, -0.2) is 48.3 Å². The second kappa shape index (κ2) is 8.03. The smallest absolute Gasteiger partial charge is 0.243 e. The van der Waals surface area contributed by atoms with E-state index in [9.17, 15) is 9.18 Å². The molecule has 7 heteroatoms. The first-order valence-corrected chi connectivity index (χ1v) is 9.30. The Hall–Kier alpha value is -1.21. The number of hydrogen-bond donors (Lipinski definition) is 1. The molecule has 0 aromatic heterocycles. The van der Waals surface area contributed by atoms with Gasteiger partial charge in [-0.3, -0.25) is 4.79 Å². The summed E-state index contributed by atoms with van der Waals surface area (Å²) in [5, 5.41) is 0. The Labute approximate surface area is 166 Å². The van der Waals surface area contributed by atoms with Crippen molar-refractivity contribution >= 4 is 18.3 Å². The largest absolute Gasteiger partial charge is 0.378 e. The lowest BCUT2D eigenvalue weighted by atomic mass is 9.54. The van der Waals surface area contributed by atoms with Crippen molar-refractivity contribution < 1.29 is 18.7 Å². The Morgan fingerprint density at radius 3 is 2.52 bits per heavy atom. The first-order chi connectivity index (χ1) is 12.2. The molecule has 1 saturated heterocycles. The monoisotopic (exact) mass is 400 g/mol. The number of hydrogen-bond acceptors (Lipinski definition) is 4. The number of halogens is 2. The van der Waals surface area contributed by atoms with Crippen LogP contribution in [0.4, 0.5) is 4.39 Å². The zero-order chi connectivity index (χ0) is 19.1. The molecule has 1 amide bonds. The van der Waals surface area contributed by atoms with Crippen LogP contribution in [0, 0.1) is 11.2 Å². The number of amides is 1. The summed E-state index contributed by atoms with van der Waals surface area (Å²) in [6.45, 7) is 9.42. The highest BCUT2D eigenvalue weighted by molar-refractivity contribution is 5.89. The summed E-state index contributed by atoms with van der Waals surface area (Å²) in [6.07, 6.45) is 0.127. The molecule has 1 heterocycles. The highest BCUT2D eigenvalue weighted by Crippen LogP contribution is 2.51.